The summed E-state index contributed by atoms with van der Waals surface area (Å²) in [4.78, 5) is 10.6. The quantitative estimate of drug-likeness (QED) is 0.835. The van der Waals surface area contributed by atoms with E-state index in [1.807, 2.05) is 0 Å². The zero-order valence-electron chi connectivity index (χ0n) is 10.3. The minimum Gasteiger partial charge on any atom is -0.481 e. The van der Waals surface area contributed by atoms with E-state index in [-0.39, 0.29) is 29.1 Å². The SMILES string of the molecule is Cn1ncc(Cl)c1S(=O)(=O)N(CCC(=O)O)C1CC1. The topological polar surface area (TPSA) is 92.5 Å². The van der Waals surface area contributed by atoms with Gasteiger partial charge in [0.25, 0.3) is 10.0 Å². The molecule has 1 aliphatic rings. The van der Waals surface area contributed by atoms with Crippen LogP contribution >= 0.6 is 11.6 Å². The summed E-state index contributed by atoms with van der Waals surface area (Å²) in [7, 11) is -2.33. The molecule has 0 saturated heterocycles. The lowest BCUT2D eigenvalue weighted by atomic mass is 10.4. The number of sulfonamides is 1. The van der Waals surface area contributed by atoms with E-state index in [9.17, 15) is 13.2 Å². The van der Waals surface area contributed by atoms with Crippen LogP contribution in [0.2, 0.25) is 5.02 Å². The van der Waals surface area contributed by atoms with Crippen molar-refractivity contribution in [3.8, 4) is 0 Å². The summed E-state index contributed by atoms with van der Waals surface area (Å²) >= 11 is 5.86. The Morgan fingerprint density at radius 3 is 2.68 bits per heavy atom. The first-order chi connectivity index (χ1) is 8.84. The van der Waals surface area contributed by atoms with Crippen LogP contribution < -0.4 is 0 Å². The molecule has 0 bridgehead atoms. The first kappa shape index (κ1) is 14.3. The average molecular weight is 308 g/mol. The average Bonchev–Trinajstić information content (AvgIpc) is 3.04. The number of aromatic nitrogens is 2. The second-order valence-electron chi connectivity index (χ2n) is 4.41. The summed E-state index contributed by atoms with van der Waals surface area (Å²) in [5, 5.41) is 12.5. The lowest BCUT2D eigenvalue weighted by Gasteiger charge is -2.21. The first-order valence-corrected chi connectivity index (χ1v) is 7.57. The van der Waals surface area contributed by atoms with Crippen LogP contribution in [0, 0.1) is 0 Å². The molecule has 1 aromatic heterocycles. The normalized spacial score (nSPS) is 15.9. The highest BCUT2D eigenvalue weighted by atomic mass is 35.5. The van der Waals surface area contributed by atoms with Gasteiger partial charge >= 0.3 is 5.97 Å². The third-order valence-corrected chi connectivity index (χ3v) is 5.36. The molecule has 1 fully saturated rings. The molecule has 0 spiro atoms. The minimum atomic E-state index is -3.81. The lowest BCUT2D eigenvalue weighted by Crippen LogP contribution is -2.36. The van der Waals surface area contributed by atoms with E-state index in [2.05, 4.69) is 5.10 Å². The van der Waals surface area contributed by atoms with Gasteiger partial charge in [-0.15, -0.1) is 0 Å². The Balaban J connectivity index is 2.32. The van der Waals surface area contributed by atoms with Gasteiger partial charge in [0.15, 0.2) is 5.03 Å². The van der Waals surface area contributed by atoms with Crippen molar-refractivity contribution >= 4 is 27.6 Å². The number of carboxylic acids is 1. The van der Waals surface area contributed by atoms with Crippen molar-refractivity contribution < 1.29 is 18.3 Å². The van der Waals surface area contributed by atoms with Crippen LogP contribution in [-0.4, -0.2) is 46.2 Å². The Morgan fingerprint density at radius 2 is 2.26 bits per heavy atom. The van der Waals surface area contributed by atoms with Gasteiger partial charge in [-0.2, -0.15) is 9.40 Å². The van der Waals surface area contributed by atoms with Crippen molar-refractivity contribution in [2.24, 2.45) is 7.05 Å². The van der Waals surface area contributed by atoms with Gasteiger partial charge in [-0.3, -0.25) is 9.48 Å². The number of hydrogen-bond acceptors (Lipinski definition) is 4. The molecule has 0 atom stereocenters. The smallest absolute Gasteiger partial charge is 0.304 e. The maximum atomic E-state index is 12.5. The predicted molar refractivity (Wildman–Crippen MR) is 67.4 cm³/mol. The van der Waals surface area contributed by atoms with Gasteiger partial charge in [-0.25, -0.2) is 8.42 Å². The highest BCUT2D eigenvalue weighted by Crippen LogP contribution is 2.34. The maximum Gasteiger partial charge on any atom is 0.304 e. The fourth-order valence-corrected chi connectivity index (χ4v) is 4.16. The van der Waals surface area contributed by atoms with Gasteiger partial charge in [-0.05, 0) is 12.8 Å². The molecular weight excluding hydrogens is 294 g/mol. The van der Waals surface area contributed by atoms with E-state index < -0.39 is 16.0 Å². The Hall–Kier alpha value is -1.12. The molecule has 0 unspecified atom stereocenters. The van der Waals surface area contributed by atoms with Crippen LogP contribution in [0.1, 0.15) is 19.3 Å². The van der Waals surface area contributed by atoms with Gasteiger partial charge in [0.05, 0.1) is 17.6 Å². The van der Waals surface area contributed by atoms with Crippen LogP contribution in [0.5, 0.6) is 0 Å². The molecule has 1 aromatic rings. The second-order valence-corrected chi connectivity index (χ2v) is 6.62. The molecule has 2 rings (SSSR count). The summed E-state index contributed by atoms with van der Waals surface area (Å²) in [5.41, 5.74) is 0. The molecule has 106 valence electrons. The molecule has 1 N–H and O–H groups in total. The third kappa shape index (κ3) is 2.90. The number of carboxylic acid groups (broad SMARTS) is 1. The van der Waals surface area contributed by atoms with Crippen molar-refractivity contribution in [1.82, 2.24) is 14.1 Å². The molecule has 9 heteroatoms. The van der Waals surface area contributed by atoms with Crippen molar-refractivity contribution in [1.29, 1.82) is 0 Å². The second kappa shape index (κ2) is 5.10. The molecule has 0 amide bonds. The summed E-state index contributed by atoms with van der Waals surface area (Å²) in [6.07, 6.45) is 2.52. The Morgan fingerprint density at radius 1 is 1.63 bits per heavy atom. The van der Waals surface area contributed by atoms with Gasteiger partial charge < -0.3 is 5.11 Å². The number of aryl methyl sites for hydroxylation is 1. The van der Waals surface area contributed by atoms with E-state index in [0.29, 0.717) is 0 Å². The number of nitrogens with zero attached hydrogens (tertiary/aromatic N) is 3. The summed E-state index contributed by atoms with van der Waals surface area (Å²) < 4.78 is 27.4. The molecular formula is C10H14ClN3O4S. The monoisotopic (exact) mass is 307 g/mol. The van der Waals surface area contributed by atoms with E-state index >= 15 is 0 Å². The largest absolute Gasteiger partial charge is 0.481 e. The molecule has 0 aliphatic heterocycles. The van der Waals surface area contributed by atoms with Crippen LogP contribution in [0.15, 0.2) is 11.2 Å². The summed E-state index contributed by atoms with van der Waals surface area (Å²) in [5.74, 6) is -1.03. The fraction of sp³-hybridized carbons (Fsp3) is 0.600. The standard InChI is InChI=1S/C10H14ClN3O4S/c1-13-10(8(11)6-12-13)19(17,18)14(7-2-3-7)5-4-9(15)16/h6-7H,2-5H2,1H3,(H,15,16). The first-order valence-electron chi connectivity index (χ1n) is 5.75. The number of halogens is 1. The molecule has 7 nitrogen and oxygen atoms in total. The van der Waals surface area contributed by atoms with E-state index in [1.54, 1.807) is 0 Å². The molecule has 1 saturated carbocycles. The van der Waals surface area contributed by atoms with Crippen molar-refractivity contribution in [3.05, 3.63) is 11.2 Å². The van der Waals surface area contributed by atoms with E-state index in [1.165, 1.54) is 22.2 Å². The number of hydrogen-bond donors (Lipinski definition) is 1. The minimum absolute atomic E-state index is 0.0449. The number of rotatable bonds is 6. The van der Waals surface area contributed by atoms with Gasteiger partial charge in [0.2, 0.25) is 0 Å². The van der Waals surface area contributed by atoms with Gasteiger partial charge in [0, 0.05) is 19.6 Å². The van der Waals surface area contributed by atoms with Crippen molar-refractivity contribution in [3.63, 3.8) is 0 Å². The predicted octanol–water partition coefficient (Wildman–Crippen LogP) is 0.701. The molecule has 1 heterocycles. The zero-order valence-corrected chi connectivity index (χ0v) is 11.9. The highest BCUT2D eigenvalue weighted by Gasteiger charge is 2.40. The van der Waals surface area contributed by atoms with E-state index in [4.69, 9.17) is 16.7 Å². The third-order valence-electron chi connectivity index (χ3n) is 2.90. The van der Waals surface area contributed by atoms with Crippen LogP contribution in [-0.2, 0) is 21.9 Å². The Kier molecular flexibility index (Phi) is 3.84. The Labute approximate surface area is 115 Å². The highest BCUT2D eigenvalue weighted by molar-refractivity contribution is 7.89. The number of carbonyl (C=O) groups is 1. The summed E-state index contributed by atoms with van der Waals surface area (Å²) in [6, 6.07) is -0.129. The van der Waals surface area contributed by atoms with E-state index in [0.717, 1.165) is 12.8 Å². The lowest BCUT2D eigenvalue weighted by molar-refractivity contribution is -0.137. The maximum absolute atomic E-state index is 12.5. The van der Waals surface area contributed by atoms with Gasteiger partial charge in [-0.1, -0.05) is 11.6 Å². The van der Waals surface area contributed by atoms with Crippen LogP contribution in [0.3, 0.4) is 0 Å². The fourth-order valence-electron chi connectivity index (χ4n) is 1.87. The molecule has 1 aliphatic carbocycles. The van der Waals surface area contributed by atoms with Crippen molar-refractivity contribution in [2.75, 3.05) is 6.54 Å². The van der Waals surface area contributed by atoms with Crippen molar-refractivity contribution in [2.45, 2.75) is 30.3 Å². The number of aliphatic carboxylic acids is 1. The van der Waals surface area contributed by atoms with Crippen LogP contribution in [0.25, 0.3) is 0 Å². The Bertz CT molecular complexity index is 574. The van der Waals surface area contributed by atoms with Gasteiger partial charge in [0.1, 0.15) is 0 Å². The zero-order chi connectivity index (χ0) is 14.2. The summed E-state index contributed by atoms with van der Waals surface area (Å²) in [6.45, 7) is -0.0517. The molecule has 19 heavy (non-hydrogen) atoms. The molecule has 0 aromatic carbocycles. The van der Waals surface area contributed by atoms with Crippen LogP contribution in [0.4, 0.5) is 0 Å². The molecule has 0 radical (unpaired) electrons.